The summed E-state index contributed by atoms with van der Waals surface area (Å²) < 4.78 is 5.25. The van der Waals surface area contributed by atoms with E-state index in [1.807, 2.05) is 42.5 Å². The molecule has 0 N–H and O–H groups in total. The van der Waals surface area contributed by atoms with Gasteiger partial charge in [-0.3, -0.25) is 4.79 Å². The molecule has 4 nitrogen and oxygen atoms in total. The van der Waals surface area contributed by atoms with Crippen LogP contribution in [0.5, 0.6) is 0 Å². The van der Waals surface area contributed by atoms with Crippen molar-refractivity contribution in [2.75, 3.05) is 13.6 Å². The first-order chi connectivity index (χ1) is 11.1. The molecular weight excluding hydrogens is 314 g/mol. The summed E-state index contributed by atoms with van der Waals surface area (Å²) in [5.74, 6) is 0. The smallest absolute Gasteiger partial charge is 0.409 e. The van der Waals surface area contributed by atoms with Gasteiger partial charge in [-0.15, -0.1) is 0 Å². The molecule has 0 bridgehead atoms. The van der Waals surface area contributed by atoms with E-state index >= 15 is 0 Å². The topological polar surface area (TPSA) is 46.6 Å². The van der Waals surface area contributed by atoms with Gasteiger partial charge in [-0.1, -0.05) is 42.5 Å². The number of ether oxygens (including phenoxy) is 1. The molecule has 0 radical (unpaired) electrons. The number of likely N-dealkylation sites (N-methyl/N-ethyl adjacent to an activating group) is 1. The Morgan fingerprint density at radius 2 is 1.65 bits per heavy atom. The Morgan fingerprint density at radius 3 is 2.26 bits per heavy atom. The van der Waals surface area contributed by atoms with E-state index in [9.17, 15) is 9.59 Å². The predicted octanol–water partition coefficient (Wildman–Crippen LogP) is 3.88. The summed E-state index contributed by atoms with van der Waals surface area (Å²) >= 11 is 5.40. The third-order valence-corrected chi connectivity index (χ3v) is 3.65. The lowest BCUT2D eigenvalue weighted by Gasteiger charge is -2.17. The third kappa shape index (κ3) is 5.42. The van der Waals surface area contributed by atoms with Crippen LogP contribution in [0.25, 0.3) is 0 Å². The van der Waals surface area contributed by atoms with Gasteiger partial charge in [0.15, 0.2) is 0 Å². The number of hydrogen-bond donors (Lipinski definition) is 0. The van der Waals surface area contributed by atoms with Crippen LogP contribution in [0.15, 0.2) is 54.6 Å². The van der Waals surface area contributed by atoms with E-state index < -0.39 is 5.24 Å². The van der Waals surface area contributed by atoms with Gasteiger partial charge in [-0.05, 0) is 41.3 Å². The van der Waals surface area contributed by atoms with E-state index in [4.69, 9.17) is 16.3 Å². The minimum absolute atomic E-state index is 0.260. The first-order valence-electron chi connectivity index (χ1n) is 7.27. The molecule has 120 valence electrons. The van der Waals surface area contributed by atoms with Crippen LogP contribution in [0.4, 0.5) is 4.79 Å². The fraction of sp³-hybridized carbons (Fsp3) is 0.222. The summed E-state index contributed by atoms with van der Waals surface area (Å²) in [6.07, 6.45) is 0.314. The van der Waals surface area contributed by atoms with Crippen LogP contribution in [-0.4, -0.2) is 29.8 Å². The van der Waals surface area contributed by atoms with Crippen LogP contribution in [0.3, 0.4) is 0 Å². The molecule has 0 heterocycles. The van der Waals surface area contributed by atoms with Crippen LogP contribution in [-0.2, 0) is 17.8 Å². The molecule has 0 aliphatic rings. The van der Waals surface area contributed by atoms with Crippen molar-refractivity contribution in [1.82, 2.24) is 4.90 Å². The molecule has 0 atom stereocenters. The number of amides is 1. The summed E-state index contributed by atoms with van der Waals surface area (Å²) in [5, 5.41) is -0.474. The molecule has 0 fully saturated rings. The van der Waals surface area contributed by atoms with Gasteiger partial charge >= 0.3 is 6.09 Å². The third-order valence-electron chi connectivity index (χ3n) is 3.43. The van der Waals surface area contributed by atoms with Crippen LogP contribution >= 0.6 is 11.6 Å². The number of nitrogens with zero attached hydrogens (tertiary/aromatic N) is 1. The van der Waals surface area contributed by atoms with Crippen molar-refractivity contribution in [3.63, 3.8) is 0 Å². The minimum atomic E-state index is -0.474. The fourth-order valence-electron chi connectivity index (χ4n) is 2.02. The van der Waals surface area contributed by atoms with Gasteiger partial charge in [0.1, 0.15) is 6.61 Å². The number of halogens is 1. The second kappa shape index (κ2) is 8.34. The van der Waals surface area contributed by atoms with Gasteiger partial charge in [0.05, 0.1) is 0 Å². The average Bonchev–Trinajstić information content (AvgIpc) is 2.58. The molecule has 0 unspecified atom stereocenters. The summed E-state index contributed by atoms with van der Waals surface area (Å²) in [4.78, 5) is 24.5. The lowest BCUT2D eigenvalue weighted by Crippen LogP contribution is -2.29. The molecule has 0 saturated heterocycles. The monoisotopic (exact) mass is 331 g/mol. The Hall–Kier alpha value is -2.33. The largest absolute Gasteiger partial charge is 0.445 e. The van der Waals surface area contributed by atoms with Crippen LogP contribution in [0.2, 0.25) is 0 Å². The summed E-state index contributed by atoms with van der Waals surface area (Å²) in [6.45, 7) is 0.790. The van der Waals surface area contributed by atoms with Crippen molar-refractivity contribution in [2.45, 2.75) is 13.0 Å². The quantitative estimate of drug-likeness (QED) is 0.755. The van der Waals surface area contributed by atoms with Crippen molar-refractivity contribution < 1.29 is 14.3 Å². The lowest BCUT2D eigenvalue weighted by atomic mass is 10.1. The van der Waals surface area contributed by atoms with E-state index in [0.717, 1.165) is 11.1 Å². The van der Waals surface area contributed by atoms with Gasteiger partial charge in [-0.25, -0.2) is 4.79 Å². The number of carbonyl (C=O) groups is 2. The number of rotatable bonds is 6. The highest BCUT2D eigenvalue weighted by molar-refractivity contribution is 6.67. The minimum Gasteiger partial charge on any atom is -0.445 e. The second-order valence-electron chi connectivity index (χ2n) is 5.18. The number of hydrogen-bond acceptors (Lipinski definition) is 3. The zero-order chi connectivity index (χ0) is 16.7. The highest BCUT2D eigenvalue weighted by atomic mass is 35.5. The SMILES string of the molecule is CN(CCc1ccc(C(=O)Cl)cc1)C(=O)OCc1ccccc1. The molecule has 0 aromatic heterocycles. The molecule has 2 aromatic carbocycles. The molecule has 1 amide bonds. The maximum Gasteiger partial charge on any atom is 0.409 e. The second-order valence-corrected chi connectivity index (χ2v) is 5.53. The molecule has 0 spiro atoms. The molecule has 0 aliphatic heterocycles. The highest BCUT2D eigenvalue weighted by Crippen LogP contribution is 2.09. The maximum absolute atomic E-state index is 11.9. The van der Waals surface area contributed by atoms with Crippen LogP contribution in [0.1, 0.15) is 21.5 Å². The van der Waals surface area contributed by atoms with Crippen LogP contribution in [0, 0.1) is 0 Å². The first-order valence-corrected chi connectivity index (χ1v) is 7.64. The van der Waals surface area contributed by atoms with E-state index in [2.05, 4.69) is 0 Å². The first kappa shape index (κ1) is 17.0. The van der Waals surface area contributed by atoms with E-state index in [1.165, 1.54) is 4.90 Å². The molecule has 5 heteroatoms. The van der Waals surface area contributed by atoms with E-state index in [1.54, 1.807) is 19.2 Å². The number of benzene rings is 2. The molecule has 2 aromatic rings. The summed E-state index contributed by atoms with van der Waals surface area (Å²) in [6, 6.07) is 16.6. The number of carbonyl (C=O) groups excluding carboxylic acids is 2. The van der Waals surface area contributed by atoms with Crippen molar-refractivity contribution >= 4 is 22.9 Å². The fourth-order valence-corrected chi connectivity index (χ4v) is 2.15. The van der Waals surface area contributed by atoms with Gasteiger partial charge < -0.3 is 9.64 Å². The highest BCUT2D eigenvalue weighted by Gasteiger charge is 2.10. The molecule has 0 saturated carbocycles. The molecule has 0 aliphatic carbocycles. The van der Waals surface area contributed by atoms with Crippen LogP contribution < -0.4 is 0 Å². The van der Waals surface area contributed by atoms with Gasteiger partial charge in [0.25, 0.3) is 5.24 Å². The van der Waals surface area contributed by atoms with Crippen molar-refractivity contribution in [2.24, 2.45) is 0 Å². The van der Waals surface area contributed by atoms with E-state index in [-0.39, 0.29) is 12.7 Å². The zero-order valence-corrected chi connectivity index (χ0v) is 13.6. The maximum atomic E-state index is 11.9. The Kier molecular flexibility index (Phi) is 6.18. The predicted molar refractivity (Wildman–Crippen MR) is 89.6 cm³/mol. The Bertz CT molecular complexity index is 656. The lowest BCUT2D eigenvalue weighted by molar-refractivity contribution is 0.105. The molecule has 2 rings (SSSR count). The Labute approximate surface area is 140 Å². The Morgan fingerprint density at radius 1 is 1.00 bits per heavy atom. The Balaban J connectivity index is 1.78. The van der Waals surface area contributed by atoms with Gasteiger partial charge in [0.2, 0.25) is 0 Å². The van der Waals surface area contributed by atoms with E-state index in [0.29, 0.717) is 18.5 Å². The van der Waals surface area contributed by atoms with Crippen molar-refractivity contribution in [3.8, 4) is 0 Å². The molecular formula is C18H18ClNO3. The average molecular weight is 332 g/mol. The van der Waals surface area contributed by atoms with Crippen molar-refractivity contribution in [1.29, 1.82) is 0 Å². The summed E-state index contributed by atoms with van der Waals surface area (Å²) in [7, 11) is 1.70. The molecule has 23 heavy (non-hydrogen) atoms. The summed E-state index contributed by atoms with van der Waals surface area (Å²) in [5.41, 5.74) is 2.44. The standard InChI is InChI=1S/C18H18ClNO3/c1-20(18(22)23-13-15-5-3-2-4-6-15)12-11-14-7-9-16(10-8-14)17(19)21/h2-10H,11-13H2,1H3. The zero-order valence-electron chi connectivity index (χ0n) is 12.9. The van der Waals surface area contributed by atoms with Gasteiger partial charge in [-0.2, -0.15) is 0 Å². The normalized spacial score (nSPS) is 10.2. The van der Waals surface area contributed by atoms with Gasteiger partial charge in [0, 0.05) is 19.2 Å². The van der Waals surface area contributed by atoms with Crippen molar-refractivity contribution in [3.05, 3.63) is 71.3 Å².